The maximum absolute atomic E-state index is 12.4. The van der Waals surface area contributed by atoms with E-state index in [1.807, 2.05) is 12.1 Å². The summed E-state index contributed by atoms with van der Waals surface area (Å²) >= 11 is 0. The van der Waals surface area contributed by atoms with Gasteiger partial charge in [-0.3, -0.25) is 0 Å². The van der Waals surface area contributed by atoms with Gasteiger partial charge in [0, 0.05) is 37.9 Å². The van der Waals surface area contributed by atoms with Gasteiger partial charge in [0.15, 0.2) is 11.5 Å². The predicted molar refractivity (Wildman–Crippen MR) is 75.9 cm³/mol. The quantitative estimate of drug-likeness (QED) is 0.683. The minimum absolute atomic E-state index is 0.267. The Morgan fingerprint density at radius 2 is 1.90 bits per heavy atom. The summed E-state index contributed by atoms with van der Waals surface area (Å²) < 4.78 is 17.3. The highest BCUT2D eigenvalue weighted by atomic mass is 16.6. The molecule has 0 radical (unpaired) electrons. The Morgan fingerprint density at radius 1 is 1.14 bits per heavy atom. The van der Waals surface area contributed by atoms with Gasteiger partial charge in [-0.25, -0.2) is 4.79 Å². The van der Waals surface area contributed by atoms with Crippen LogP contribution in [0.1, 0.15) is 35.2 Å². The number of carbonyl (C=O) groups is 1. The zero-order valence-corrected chi connectivity index (χ0v) is 12.2. The van der Waals surface area contributed by atoms with Gasteiger partial charge in [0.05, 0.1) is 13.2 Å². The molecule has 1 aromatic rings. The topological polar surface area (TPSA) is 48.0 Å². The first-order chi connectivity index (χ1) is 10.2. The molecule has 1 aromatic carbocycles. The number of benzene rings is 1. The van der Waals surface area contributed by atoms with E-state index in [-0.39, 0.29) is 5.97 Å². The fourth-order valence-corrected chi connectivity index (χ4v) is 3.45. The van der Waals surface area contributed by atoms with Gasteiger partial charge < -0.3 is 19.1 Å². The molecule has 1 saturated heterocycles. The van der Waals surface area contributed by atoms with E-state index in [0.29, 0.717) is 30.3 Å². The molecule has 5 heteroatoms. The van der Waals surface area contributed by atoms with Crippen molar-refractivity contribution in [2.24, 2.45) is 0 Å². The predicted octanol–water partition coefficient (Wildman–Crippen LogP) is 1.94. The zero-order valence-electron chi connectivity index (χ0n) is 12.2. The molecule has 5 nitrogen and oxygen atoms in total. The number of ether oxygens (including phenoxy) is 3. The van der Waals surface area contributed by atoms with Crippen LogP contribution < -0.4 is 9.47 Å². The van der Waals surface area contributed by atoms with Crippen LogP contribution in [0.4, 0.5) is 0 Å². The van der Waals surface area contributed by atoms with Crippen LogP contribution in [-0.4, -0.2) is 44.2 Å². The number of nitrogens with zero attached hydrogens (tertiary/aromatic N) is 1. The fraction of sp³-hybridized carbons (Fsp3) is 0.562. The summed E-state index contributed by atoms with van der Waals surface area (Å²) in [4.78, 5) is 14.7. The first-order valence-corrected chi connectivity index (χ1v) is 7.55. The van der Waals surface area contributed by atoms with Crippen LogP contribution in [0.3, 0.4) is 0 Å². The van der Waals surface area contributed by atoms with Gasteiger partial charge >= 0.3 is 5.97 Å². The maximum Gasteiger partial charge on any atom is 0.343 e. The van der Waals surface area contributed by atoms with Crippen molar-refractivity contribution < 1.29 is 19.0 Å². The first kappa shape index (κ1) is 13.0. The summed E-state index contributed by atoms with van der Waals surface area (Å²) in [6, 6.07) is 3.90. The molecule has 21 heavy (non-hydrogen) atoms. The van der Waals surface area contributed by atoms with Crippen LogP contribution in [0.15, 0.2) is 12.1 Å². The van der Waals surface area contributed by atoms with Crippen LogP contribution in [0.2, 0.25) is 0 Å². The van der Waals surface area contributed by atoms with Crippen molar-refractivity contribution in [1.29, 1.82) is 0 Å². The molecule has 3 aliphatic heterocycles. The number of fused-ring (bicyclic) bond motifs is 4. The summed E-state index contributed by atoms with van der Waals surface area (Å²) in [5, 5.41) is 0. The minimum Gasteiger partial charge on any atom is -0.490 e. The maximum atomic E-state index is 12.4. The van der Waals surface area contributed by atoms with Gasteiger partial charge in [-0.15, -0.1) is 0 Å². The van der Waals surface area contributed by atoms with Gasteiger partial charge in [-0.05, 0) is 13.1 Å². The molecular formula is C16H19NO4. The van der Waals surface area contributed by atoms with Gasteiger partial charge in [0.2, 0.25) is 0 Å². The number of piperidine rings is 1. The second-order valence-corrected chi connectivity index (χ2v) is 6.05. The van der Waals surface area contributed by atoms with Gasteiger partial charge in [0.25, 0.3) is 0 Å². The van der Waals surface area contributed by atoms with Crippen molar-refractivity contribution in [2.45, 2.75) is 24.9 Å². The standard InChI is InChI=1S/C16H19NO4/c1-17-7-5-16(6-8-17)11-3-4-12-14(13(11)15(18)21-16)20-10-2-9-19-12/h3-4H,2,5-10H2,1H3. The smallest absolute Gasteiger partial charge is 0.343 e. The van der Waals surface area contributed by atoms with E-state index in [1.165, 1.54) is 0 Å². The number of hydrogen-bond acceptors (Lipinski definition) is 5. The van der Waals surface area contributed by atoms with Gasteiger partial charge in [-0.1, -0.05) is 6.07 Å². The average molecular weight is 289 g/mol. The minimum atomic E-state index is -0.469. The Bertz CT molecular complexity index is 590. The van der Waals surface area contributed by atoms with Crippen LogP contribution in [0.5, 0.6) is 11.5 Å². The molecule has 0 aromatic heterocycles. The molecule has 0 bridgehead atoms. The van der Waals surface area contributed by atoms with Crippen LogP contribution >= 0.6 is 0 Å². The van der Waals surface area contributed by atoms with Crippen molar-refractivity contribution in [1.82, 2.24) is 4.90 Å². The molecule has 0 aliphatic carbocycles. The van der Waals surface area contributed by atoms with E-state index in [4.69, 9.17) is 14.2 Å². The summed E-state index contributed by atoms with van der Waals surface area (Å²) in [5.41, 5.74) is 1.09. The highest BCUT2D eigenvalue weighted by Crippen LogP contribution is 2.49. The number of hydrogen-bond donors (Lipinski definition) is 0. The molecule has 0 amide bonds. The lowest BCUT2D eigenvalue weighted by Gasteiger charge is -2.36. The lowest BCUT2D eigenvalue weighted by Crippen LogP contribution is -2.40. The summed E-state index contributed by atoms with van der Waals surface area (Å²) in [6.07, 6.45) is 2.50. The Labute approximate surface area is 123 Å². The number of esters is 1. The fourth-order valence-electron chi connectivity index (χ4n) is 3.45. The van der Waals surface area contributed by atoms with Gasteiger partial charge in [0.1, 0.15) is 11.2 Å². The number of likely N-dealkylation sites (tertiary alicyclic amines) is 1. The average Bonchev–Trinajstić information content (AvgIpc) is 2.66. The third-order valence-electron chi connectivity index (χ3n) is 4.69. The second kappa shape index (κ2) is 4.63. The van der Waals surface area contributed by atoms with Crippen molar-refractivity contribution in [3.05, 3.63) is 23.3 Å². The summed E-state index contributed by atoms with van der Waals surface area (Å²) in [6.45, 7) is 3.06. The van der Waals surface area contributed by atoms with Crippen molar-refractivity contribution in [3.63, 3.8) is 0 Å². The highest BCUT2D eigenvalue weighted by Gasteiger charge is 2.49. The lowest BCUT2D eigenvalue weighted by atomic mass is 9.83. The molecule has 3 aliphatic rings. The molecule has 112 valence electrons. The van der Waals surface area contributed by atoms with E-state index in [9.17, 15) is 4.79 Å². The second-order valence-electron chi connectivity index (χ2n) is 6.05. The Balaban J connectivity index is 1.81. The largest absolute Gasteiger partial charge is 0.490 e. The molecule has 0 unspecified atom stereocenters. The Kier molecular flexibility index (Phi) is 2.85. The Morgan fingerprint density at radius 3 is 2.71 bits per heavy atom. The van der Waals surface area contributed by atoms with E-state index >= 15 is 0 Å². The van der Waals surface area contributed by atoms with E-state index in [2.05, 4.69) is 11.9 Å². The van der Waals surface area contributed by atoms with E-state index in [0.717, 1.165) is 37.9 Å². The third-order valence-corrected chi connectivity index (χ3v) is 4.69. The van der Waals surface area contributed by atoms with Crippen molar-refractivity contribution in [3.8, 4) is 11.5 Å². The summed E-state index contributed by atoms with van der Waals surface area (Å²) in [5.74, 6) is 0.968. The molecule has 3 heterocycles. The highest BCUT2D eigenvalue weighted by molar-refractivity contribution is 5.98. The number of carbonyl (C=O) groups excluding carboxylic acids is 1. The van der Waals surface area contributed by atoms with Crippen LogP contribution in [-0.2, 0) is 10.3 Å². The summed E-state index contributed by atoms with van der Waals surface area (Å²) in [7, 11) is 2.10. The van der Waals surface area contributed by atoms with Crippen LogP contribution in [0.25, 0.3) is 0 Å². The molecule has 1 fully saturated rings. The normalized spacial score (nSPS) is 23.6. The molecule has 0 saturated carbocycles. The Hall–Kier alpha value is -1.75. The molecule has 0 N–H and O–H groups in total. The van der Waals surface area contributed by atoms with E-state index < -0.39 is 5.60 Å². The monoisotopic (exact) mass is 289 g/mol. The van der Waals surface area contributed by atoms with Gasteiger partial charge in [-0.2, -0.15) is 0 Å². The third kappa shape index (κ3) is 1.91. The lowest BCUT2D eigenvalue weighted by molar-refractivity contribution is -0.0394. The van der Waals surface area contributed by atoms with Crippen molar-refractivity contribution >= 4 is 5.97 Å². The number of rotatable bonds is 0. The molecular weight excluding hydrogens is 270 g/mol. The van der Waals surface area contributed by atoms with Crippen LogP contribution in [0, 0.1) is 0 Å². The zero-order chi connectivity index (χ0) is 14.4. The SMILES string of the molecule is CN1CCC2(CC1)OC(=O)c1c2ccc2c1OCCCO2. The molecule has 4 rings (SSSR count). The molecule has 1 spiro atoms. The van der Waals surface area contributed by atoms with E-state index in [1.54, 1.807) is 0 Å². The first-order valence-electron chi connectivity index (χ1n) is 7.55. The van der Waals surface area contributed by atoms with Crippen molar-refractivity contribution in [2.75, 3.05) is 33.4 Å². The molecule has 0 atom stereocenters.